The van der Waals surface area contributed by atoms with E-state index in [1.165, 1.54) is 49.8 Å². The van der Waals surface area contributed by atoms with Gasteiger partial charge in [0.1, 0.15) is 0 Å². The van der Waals surface area contributed by atoms with Crippen molar-refractivity contribution in [3.05, 3.63) is 28.2 Å². The number of rotatable bonds is 3. The van der Waals surface area contributed by atoms with Gasteiger partial charge in [-0.15, -0.1) is 0 Å². The molecule has 1 N–H and O–H groups in total. The van der Waals surface area contributed by atoms with Crippen molar-refractivity contribution < 1.29 is 4.74 Å². The second-order valence-electron chi connectivity index (χ2n) is 6.01. The molecule has 1 aliphatic carbocycles. The predicted octanol–water partition coefficient (Wildman–Crippen LogP) is 4.66. The Kier molecular flexibility index (Phi) is 3.86. The molecule has 1 saturated heterocycles. The fourth-order valence-corrected chi connectivity index (χ4v) is 3.74. The van der Waals surface area contributed by atoms with Crippen LogP contribution in [0.15, 0.2) is 22.7 Å². The lowest BCUT2D eigenvalue weighted by Gasteiger charge is -2.24. The molecule has 1 atom stereocenters. The summed E-state index contributed by atoms with van der Waals surface area (Å²) in [6, 6.07) is 6.43. The van der Waals surface area contributed by atoms with E-state index in [1.807, 2.05) is 0 Å². The number of hydrogen-bond acceptors (Lipinski definition) is 2. The highest BCUT2D eigenvalue weighted by atomic mass is 79.9. The minimum absolute atomic E-state index is 0.250. The van der Waals surface area contributed by atoms with Gasteiger partial charge in [-0.25, -0.2) is 0 Å². The molecule has 3 rings (SSSR count). The van der Waals surface area contributed by atoms with Crippen LogP contribution < -0.4 is 5.32 Å². The first-order valence-electron chi connectivity index (χ1n) is 7.35. The molecule has 2 nitrogen and oxygen atoms in total. The Hall–Kier alpha value is -0.540. The van der Waals surface area contributed by atoms with E-state index in [1.54, 1.807) is 0 Å². The van der Waals surface area contributed by atoms with Crippen LogP contribution in [-0.2, 0) is 4.74 Å². The van der Waals surface area contributed by atoms with E-state index in [0.29, 0.717) is 6.10 Å². The Morgan fingerprint density at radius 1 is 1.32 bits per heavy atom. The minimum atomic E-state index is 0.250. The van der Waals surface area contributed by atoms with Crippen LogP contribution in [0.5, 0.6) is 0 Å². The van der Waals surface area contributed by atoms with E-state index in [-0.39, 0.29) is 5.60 Å². The van der Waals surface area contributed by atoms with Crippen LogP contribution in [0.3, 0.4) is 0 Å². The van der Waals surface area contributed by atoms with Gasteiger partial charge in [-0.3, -0.25) is 0 Å². The van der Waals surface area contributed by atoms with Crippen LogP contribution >= 0.6 is 15.9 Å². The van der Waals surface area contributed by atoms with Crippen LogP contribution in [0, 0.1) is 6.92 Å². The fourth-order valence-electron chi connectivity index (χ4n) is 3.36. The summed E-state index contributed by atoms with van der Waals surface area (Å²) < 4.78 is 7.48. The molecule has 104 valence electrons. The van der Waals surface area contributed by atoms with Gasteiger partial charge in [0.25, 0.3) is 0 Å². The molecule has 3 heteroatoms. The van der Waals surface area contributed by atoms with Crippen molar-refractivity contribution in [2.45, 2.75) is 57.2 Å². The molecular weight excluding hydrogens is 302 g/mol. The van der Waals surface area contributed by atoms with Crippen molar-refractivity contribution in [2.75, 3.05) is 11.9 Å². The average molecular weight is 324 g/mol. The molecule has 2 aliphatic rings. The molecule has 19 heavy (non-hydrogen) atoms. The third-order valence-corrected chi connectivity index (χ3v) is 5.41. The number of nitrogens with one attached hydrogen (secondary N) is 1. The Morgan fingerprint density at radius 3 is 2.84 bits per heavy atom. The highest BCUT2D eigenvalue weighted by Gasteiger charge is 2.41. The SMILES string of the molecule is Cc1ccc(NCC2CCC3(CCCC3)O2)cc1Br. The normalized spacial score (nSPS) is 25.1. The van der Waals surface area contributed by atoms with E-state index >= 15 is 0 Å². The van der Waals surface area contributed by atoms with E-state index in [9.17, 15) is 0 Å². The molecule has 0 aromatic heterocycles. The lowest BCUT2D eigenvalue weighted by molar-refractivity contribution is -0.0307. The highest BCUT2D eigenvalue weighted by Crippen LogP contribution is 2.43. The molecule has 1 unspecified atom stereocenters. The van der Waals surface area contributed by atoms with Crippen molar-refractivity contribution in [3.8, 4) is 0 Å². The molecule has 0 radical (unpaired) electrons. The molecule has 1 heterocycles. The zero-order valence-electron chi connectivity index (χ0n) is 11.5. The molecular formula is C16H22BrNO. The summed E-state index contributed by atoms with van der Waals surface area (Å²) in [5.74, 6) is 0. The summed E-state index contributed by atoms with van der Waals surface area (Å²) in [5, 5.41) is 3.51. The van der Waals surface area contributed by atoms with Gasteiger partial charge in [-0.05, 0) is 50.3 Å². The Bertz CT molecular complexity index is 454. The summed E-state index contributed by atoms with van der Waals surface area (Å²) in [6.07, 6.45) is 8.12. The van der Waals surface area contributed by atoms with Crippen molar-refractivity contribution in [1.29, 1.82) is 0 Å². The van der Waals surface area contributed by atoms with Gasteiger partial charge in [0.2, 0.25) is 0 Å². The standard InChI is InChI=1S/C16H22BrNO/c1-12-4-5-13(10-15(12)17)18-11-14-6-9-16(19-14)7-2-3-8-16/h4-5,10,14,18H,2-3,6-9,11H2,1H3. The number of benzene rings is 1. The second kappa shape index (κ2) is 5.45. The molecule has 0 bridgehead atoms. The predicted molar refractivity (Wildman–Crippen MR) is 82.7 cm³/mol. The molecule has 1 spiro atoms. The quantitative estimate of drug-likeness (QED) is 0.873. The third-order valence-electron chi connectivity index (χ3n) is 4.56. The first-order chi connectivity index (χ1) is 9.17. The van der Waals surface area contributed by atoms with Crippen molar-refractivity contribution in [1.82, 2.24) is 0 Å². The molecule has 1 aromatic carbocycles. The van der Waals surface area contributed by atoms with E-state index in [2.05, 4.69) is 46.4 Å². The van der Waals surface area contributed by atoms with Gasteiger partial charge in [0.05, 0.1) is 11.7 Å². The maximum atomic E-state index is 6.31. The minimum Gasteiger partial charge on any atom is -0.382 e. The van der Waals surface area contributed by atoms with Gasteiger partial charge in [-0.2, -0.15) is 0 Å². The Labute approximate surface area is 124 Å². The summed E-state index contributed by atoms with van der Waals surface area (Å²) >= 11 is 3.58. The highest BCUT2D eigenvalue weighted by molar-refractivity contribution is 9.10. The monoisotopic (exact) mass is 323 g/mol. The van der Waals surface area contributed by atoms with Crippen LogP contribution in [0.1, 0.15) is 44.1 Å². The Balaban J connectivity index is 1.54. The van der Waals surface area contributed by atoms with Gasteiger partial charge in [0, 0.05) is 16.7 Å². The summed E-state index contributed by atoms with van der Waals surface area (Å²) in [6.45, 7) is 3.04. The lowest BCUT2D eigenvalue weighted by atomic mass is 9.98. The molecule has 1 aliphatic heterocycles. The fraction of sp³-hybridized carbons (Fsp3) is 0.625. The summed E-state index contributed by atoms with van der Waals surface area (Å²) in [5.41, 5.74) is 2.70. The van der Waals surface area contributed by atoms with Crippen molar-refractivity contribution in [2.24, 2.45) is 0 Å². The van der Waals surface area contributed by atoms with Crippen molar-refractivity contribution >= 4 is 21.6 Å². The van der Waals surface area contributed by atoms with Gasteiger partial charge in [0.15, 0.2) is 0 Å². The largest absolute Gasteiger partial charge is 0.382 e. The number of aryl methyl sites for hydroxylation is 1. The summed E-state index contributed by atoms with van der Waals surface area (Å²) in [7, 11) is 0. The maximum Gasteiger partial charge on any atom is 0.0756 e. The smallest absolute Gasteiger partial charge is 0.0756 e. The number of halogens is 1. The first kappa shape index (κ1) is 13.4. The number of ether oxygens (including phenoxy) is 1. The maximum absolute atomic E-state index is 6.31. The third kappa shape index (κ3) is 2.97. The molecule has 1 saturated carbocycles. The number of anilines is 1. The first-order valence-corrected chi connectivity index (χ1v) is 8.14. The zero-order valence-corrected chi connectivity index (χ0v) is 13.1. The van der Waals surface area contributed by atoms with Crippen LogP contribution in [0.25, 0.3) is 0 Å². The average Bonchev–Trinajstić information content (AvgIpc) is 3.02. The van der Waals surface area contributed by atoms with E-state index in [0.717, 1.165) is 11.0 Å². The lowest BCUT2D eigenvalue weighted by Crippen LogP contribution is -2.27. The van der Waals surface area contributed by atoms with Crippen LogP contribution in [0.4, 0.5) is 5.69 Å². The van der Waals surface area contributed by atoms with Crippen LogP contribution in [0.2, 0.25) is 0 Å². The second-order valence-corrected chi connectivity index (χ2v) is 6.87. The summed E-state index contributed by atoms with van der Waals surface area (Å²) in [4.78, 5) is 0. The molecule has 1 aromatic rings. The Morgan fingerprint density at radius 2 is 2.11 bits per heavy atom. The van der Waals surface area contributed by atoms with Crippen molar-refractivity contribution in [3.63, 3.8) is 0 Å². The zero-order chi connectivity index (χ0) is 13.3. The number of hydrogen-bond donors (Lipinski definition) is 1. The molecule has 2 fully saturated rings. The van der Waals surface area contributed by atoms with Gasteiger partial charge < -0.3 is 10.1 Å². The molecule has 0 amide bonds. The topological polar surface area (TPSA) is 21.3 Å². The van der Waals surface area contributed by atoms with Gasteiger partial charge >= 0.3 is 0 Å². The van der Waals surface area contributed by atoms with E-state index < -0.39 is 0 Å². The van der Waals surface area contributed by atoms with E-state index in [4.69, 9.17) is 4.74 Å². The van der Waals surface area contributed by atoms with Crippen LogP contribution in [-0.4, -0.2) is 18.2 Å². The van der Waals surface area contributed by atoms with Gasteiger partial charge in [-0.1, -0.05) is 34.8 Å².